The summed E-state index contributed by atoms with van der Waals surface area (Å²) in [5.74, 6) is 1.49. The predicted octanol–water partition coefficient (Wildman–Crippen LogP) is 1.96. The molecule has 1 aliphatic carbocycles. The lowest BCUT2D eigenvalue weighted by molar-refractivity contribution is -0.0859. The number of ether oxygens (including phenoxy) is 2. The lowest BCUT2D eigenvalue weighted by Gasteiger charge is -2.39. The molecule has 3 aliphatic rings. The monoisotopic (exact) mass is 239 g/mol. The van der Waals surface area contributed by atoms with Crippen LogP contribution in [0.2, 0.25) is 0 Å². The van der Waals surface area contributed by atoms with Crippen molar-refractivity contribution in [2.45, 2.75) is 50.7 Å². The molecule has 3 rings (SSSR count). The average molecular weight is 239 g/mol. The van der Waals surface area contributed by atoms with Crippen LogP contribution in [0.25, 0.3) is 0 Å². The van der Waals surface area contributed by atoms with Crippen molar-refractivity contribution in [2.75, 3.05) is 26.4 Å². The standard InChI is InChI=1S/C14H25NO2/c1-2-12(10-15-13-3-4-13)14(17-7-1)11-5-8-16-9-6-11/h11-15H,1-10H2. The Morgan fingerprint density at radius 3 is 2.53 bits per heavy atom. The molecule has 0 amide bonds. The topological polar surface area (TPSA) is 30.5 Å². The molecule has 0 spiro atoms. The minimum Gasteiger partial charge on any atom is -0.381 e. The molecule has 0 bridgehead atoms. The first-order valence-corrected chi connectivity index (χ1v) is 7.36. The SMILES string of the molecule is C1COC(C2CCOCC2)C(CNC2CC2)C1. The lowest BCUT2D eigenvalue weighted by atomic mass is 9.82. The fourth-order valence-corrected chi connectivity index (χ4v) is 3.25. The summed E-state index contributed by atoms with van der Waals surface area (Å²) in [5.41, 5.74) is 0. The van der Waals surface area contributed by atoms with Gasteiger partial charge in [0.1, 0.15) is 0 Å². The van der Waals surface area contributed by atoms with Crippen LogP contribution < -0.4 is 5.32 Å². The zero-order valence-corrected chi connectivity index (χ0v) is 10.7. The zero-order valence-electron chi connectivity index (χ0n) is 10.7. The van der Waals surface area contributed by atoms with Gasteiger partial charge < -0.3 is 14.8 Å². The molecule has 2 atom stereocenters. The number of hydrogen-bond donors (Lipinski definition) is 1. The first-order valence-electron chi connectivity index (χ1n) is 7.36. The minimum absolute atomic E-state index is 0.499. The van der Waals surface area contributed by atoms with E-state index < -0.39 is 0 Å². The van der Waals surface area contributed by atoms with Crippen LogP contribution in [0.5, 0.6) is 0 Å². The van der Waals surface area contributed by atoms with Crippen LogP contribution in [0, 0.1) is 11.8 Å². The predicted molar refractivity (Wildman–Crippen MR) is 67.0 cm³/mol. The molecule has 2 aliphatic heterocycles. The molecule has 3 heteroatoms. The third kappa shape index (κ3) is 3.21. The molecule has 1 N–H and O–H groups in total. The van der Waals surface area contributed by atoms with Crippen LogP contribution >= 0.6 is 0 Å². The van der Waals surface area contributed by atoms with E-state index in [4.69, 9.17) is 9.47 Å². The summed E-state index contributed by atoms with van der Waals surface area (Å²) in [6.07, 6.45) is 8.26. The fourth-order valence-electron chi connectivity index (χ4n) is 3.25. The van der Waals surface area contributed by atoms with Crippen molar-refractivity contribution in [3.05, 3.63) is 0 Å². The van der Waals surface area contributed by atoms with Gasteiger partial charge in [-0.1, -0.05) is 0 Å². The van der Waals surface area contributed by atoms with Gasteiger partial charge in [0.2, 0.25) is 0 Å². The summed E-state index contributed by atoms with van der Waals surface area (Å²) in [6.45, 7) is 4.02. The van der Waals surface area contributed by atoms with Crippen molar-refractivity contribution in [3.63, 3.8) is 0 Å². The molecular weight excluding hydrogens is 214 g/mol. The van der Waals surface area contributed by atoms with Gasteiger partial charge >= 0.3 is 0 Å². The Morgan fingerprint density at radius 2 is 1.76 bits per heavy atom. The lowest BCUT2D eigenvalue weighted by Crippen LogP contribution is -2.43. The molecular formula is C14H25NO2. The van der Waals surface area contributed by atoms with E-state index in [9.17, 15) is 0 Å². The molecule has 3 nitrogen and oxygen atoms in total. The smallest absolute Gasteiger partial charge is 0.0645 e. The first kappa shape index (κ1) is 11.9. The maximum Gasteiger partial charge on any atom is 0.0645 e. The van der Waals surface area contributed by atoms with Crippen LogP contribution in [0.3, 0.4) is 0 Å². The Morgan fingerprint density at radius 1 is 0.941 bits per heavy atom. The molecule has 2 unspecified atom stereocenters. The number of nitrogens with one attached hydrogen (secondary N) is 1. The summed E-state index contributed by atoms with van der Waals surface area (Å²) in [7, 11) is 0. The van der Waals surface area contributed by atoms with Gasteiger partial charge in [-0.05, 0) is 50.4 Å². The summed E-state index contributed by atoms with van der Waals surface area (Å²) in [4.78, 5) is 0. The van der Waals surface area contributed by atoms with E-state index in [0.717, 1.165) is 37.7 Å². The van der Waals surface area contributed by atoms with Gasteiger partial charge in [0.25, 0.3) is 0 Å². The second-order valence-electron chi connectivity index (χ2n) is 5.87. The summed E-state index contributed by atoms with van der Waals surface area (Å²) in [5, 5.41) is 3.68. The van der Waals surface area contributed by atoms with Crippen molar-refractivity contribution in [3.8, 4) is 0 Å². The van der Waals surface area contributed by atoms with Gasteiger partial charge in [0.15, 0.2) is 0 Å². The first-order chi connectivity index (χ1) is 8.43. The molecule has 2 heterocycles. The molecule has 0 aromatic heterocycles. The van der Waals surface area contributed by atoms with E-state index in [2.05, 4.69) is 5.32 Å². The Hall–Kier alpha value is -0.120. The van der Waals surface area contributed by atoms with E-state index in [-0.39, 0.29) is 0 Å². The van der Waals surface area contributed by atoms with Gasteiger partial charge in [0.05, 0.1) is 6.10 Å². The van der Waals surface area contributed by atoms with Crippen molar-refractivity contribution >= 4 is 0 Å². The normalized spacial score (nSPS) is 36.0. The largest absolute Gasteiger partial charge is 0.381 e. The molecule has 0 aromatic rings. The van der Waals surface area contributed by atoms with Gasteiger partial charge in [-0.25, -0.2) is 0 Å². The molecule has 2 saturated heterocycles. The van der Waals surface area contributed by atoms with Gasteiger partial charge in [0, 0.05) is 32.4 Å². The molecule has 0 radical (unpaired) electrons. The van der Waals surface area contributed by atoms with Crippen LogP contribution in [-0.2, 0) is 9.47 Å². The third-order valence-corrected chi connectivity index (χ3v) is 4.47. The van der Waals surface area contributed by atoms with Crippen molar-refractivity contribution in [1.82, 2.24) is 5.32 Å². The van der Waals surface area contributed by atoms with Crippen LogP contribution in [0.1, 0.15) is 38.5 Å². The van der Waals surface area contributed by atoms with Gasteiger partial charge in [-0.15, -0.1) is 0 Å². The fraction of sp³-hybridized carbons (Fsp3) is 1.00. The van der Waals surface area contributed by atoms with E-state index >= 15 is 0 Å². The third-order valence-electron chi connectivity index (χ3n) is 4.47. The number of rotatable bonds is 4. The van der Waals surface area contributed by atoms with E-state index in [1.54, 1.807) is 0 Å². The second kappa shape index (κ2) is 5.68. The van der Waals surface area contributed by atoms with Crippen molar-refractivity contribution in [1.29, 1.82) is 0 Å². The molecule has 3 fully saturated rings. The Balaban J connectivity index is 1.53. The van der Waals surface area contributed by atoms with Crippen molar-refractivity contribution in [2.24, 2.45) is 11.8 Å². The van der Waals surface area contributed by atoms with Gasteiger partial charge in [-0.2, -0.15) is 0 Å². The van der Waals surface area contributed by atoms with Gasteiger partial charge in [-0.3, -0.25) is 0 Å². The average Bonchev–Trinajstić information content (AvgIpc) is 3.22. The molecule has 1 saturated carbocycles. The summed E-state index contributed by atoms with van der Waals surface area (Å²) in [6, 6.07) is 0.826. The highest BCUT2D eigenvalue weighted by atomic mass is 16.5. The van der Waals surface area contributed by atoms with E-state index in [1.165, 1.54) is 45.1 Å². The molecule has 0 aromatic carbocycles. The highest BCUT2D eigenvalue weighted by molar-refractivity contribution is 4.87. The minimum atomic E-state index is 0.499. The highest BCUT2D eigenvalue weighted by Gasteiger charge is 2.34. The maximum atomic E-state index is 6.09. The molecule has 98 valence electrons. The Labute approximate surface area is 104 Å². The van der Waals surface area contributed by atoms with Crippen molar-refractivity contribution < 1.29 is 9.47 Å². The highest BCUT2D eigenvalue weighted by Crippen LogP contribution is 2.32. The van der Waals surface area contributed by atoms with E-state index in [1.807, 2.05) is 0 Å². The van der Waals surface area contributed by atoms with Crippen LogP contribution in [0.4, 0.5) is 0 Å². The second-order valence-corrected chi connectivity index (χ2v) is 5.87. The number of hydrogen-bond acceptors (Lipinski definition) is 3. The zero-order chi connectivity index (χ0) is 11.5. The Bertz CT molecular complexity index is 236. The maximum absolute atomic E-state index is 6.09. The molecule has 17 heavy (non-hydrogen) atoms. The van der Waals surface area contributed by atoms with Crippen LogP contribution in [0.15, 0.2) is 0 Å². The summed E-state index contributed by atoms with van der Waals surface area (Å²) >= 11 is 0. The summed E-state index contributed by atoms with van der Waals surface area (Å²) < 4.78 is 11.5. The Kier molecular flexibility index (Phi) is 3.99. The quantitative estimate of drug-likeness (QED) is 0.813. The van der Waals surface area contributed by atoms with Crippen LogP contribution in [-0.4, -0.2) is 38.5 Å². The van der Waals surface area contributed by atoms with E-state index in [0.29, 0.717) is 6.10 Å².